The van der Waals surface area contributed by atoms with Crippen LogP contribution in [0.5, 0.6) is 0 Å². The van der Waals surface area contributed by atoms with Gasteiger partial charge in [0.15, 0.2) is 0 Å². The molecular weight excluding hydrogens is 203 g/mol. The molecule has 0 amide bonds. The van der Waals surface area contributed by atoms with Gasteiger partial charge in [0, 0.05) is 0 Å². The van der Waals surface area contributed by atoms with Gasteiger partial charge in [-0.3, -0.25) is 0 Å². The molecule has 0 bridgehead atoms. The molecule has 3 heteroatoms. The van der Waals surface area contributed by atoms with Gasteiger partial charge in [-0.2, -0.15) is 0 Å². The monoisotopic (exact) mass is 214 g/mol. The van der Waals surface area contributed by atoms with Gasteiger partial charge in [-0.1, -0.05) is 0 Å². The molecule has 0 spiro atoms. The quantitative estimate of drug-likeness (QED) is 0.709. The standard InChI is InChI=1S/C8H10N2Se/c1-3-6-5(2)11-8(10)7(6)4-9/h3,10H2,1-2H3. The molecule has 1 aromatic heterocycles. The van der Waals surface area contributed by atoms with Gasteiger partial charge in [-0.15, -0.1) is 0 Å². The molecule has 1 aromatic rings. The van der Waals surface area contributed by atoms with Gasteiger partial charge in [0.2, 0.25) is 0 Å². The Hall–Kier alpha value is -0.711. The fourth-order valence-electron chi connectivity index (χ4n) is 1.15. The Labute approximate surface area is 72.4 Å². The summed E-state index contributed by atoms with van der Waals surface area (Å²) in [4.78, 5) is 0. The van der Waals surface area contributed by atoms with Crippen LogP contribution >= 0.6 is 0 Å². The second-order valence-electron chi connectivity index (χ2n) is 2.34. The molecule has 0 aliphatic carbocycles. The minimum atomic E-state index is 0.246. The van der Waals surface area contributed by atoms with Gasteiger partial charge in [0.05, 0.1) is 0 Å². The summed E-state index contributed by atoms with van der Waals surface area (Å²) in [6, 6.07) is 2.16. The first-order chi connectivity index (χ1) is 5.20. The summed E-state index contributed by atoms with van der Waals surface area (Å²) in [5, 5.41) is 8.74. The van der Waals surface area contributed by atoms with Crippen molar-refractivity contribution in [3.63, 3.8) is 0 Å². The van der Waals surface area contributed by atoms with Crippen molar-refractivity contribution in [2.24, 2.45) is 0 Å². The Morgan fingerprint density at radius 3 is 2.64 bits per heavy atom. The van der Waals surface area contributed by atoms with E-state index in [1.807, 2.05) is 0 Å². The zero-order valence-corrected chi connectivity index (χ0v) is 8.35. The average molecular weight is 213 g/mol. The molecule has 0 aromatic carbocycles. The van der Waals surface area contributed by atoms with Crippen molar-refractivity contribution in [2.45, 2.75) is 20.3 Å². The van der Waals surface area contributed by atoms with Crippen LogP contribution in [-0.2, 0) is 6.42 Å². The summed E-state index contributed by atoms with van der Waals surface area (Å²) in [5.74, 6) is 0. The fourth-order valence-corrected chi connectivity index (χ4v) is 3.19. The molecular formula is C8H10N2Se. The van der Waals surface area contributed by atoms with E-state index in [1.54, 1.807) is 0 Å². The van der Waals surface area contributed by atoms with Crippen molar-refractivity contribution in [3.8, 4) is 6.07 Å². The SMILES string of the molecule is CCc1c(C)[se]c(N)c1C#N. The molecule has 0 saturated heterocycles. The summed E-state index contributed by atoms with van der Waals surface area (Å²) >= 11 is 0.246. The molecule has 0 saturated carbocycles. The van der Waals surface area contributed by atoms with Crippen molar-refractivity contribution >= 4 is 19.1 Å². The van der Waals surface area contributed by atoms with E-state index in [-0.39, 0.29) is 14.5 Å². The van der Waals surface area contributed by atoms with Crippen molar-refractivity contribution in [3.05, 3.63) is 15.6 Å². The third-order valence-corrected chi connectivity index (χ3v) is 3.75. The number of rotatable bonds is 1. The molecule has 2 N–H and O–H groups in total. The predicted octanol–water partition coefficient (Wildman–Crippen LogP) is 1.07. The van der Waals surface area contributed by atoms with E-state index in [9.17, 15) is 0 Å². The van der Waals surface area contributed by atoms with Crippen LogP contribution in [0.2, 0.25) is 0 Å². The van der Waals surface area contributed by atoms with Gasteiger partial charge < -0.3 is 0 Å². The van der Waals surface area contributed by atoms with Crippen LogP contribution in [0.3, 0.4) is 0 Å². The Morgan fingerprint density at radius 2 is 2.27 bits per heavy atom. The minimum absolute atomic E-state index is 0.246. The molecule has 1 heterocycles. The Morgan fingerprint density at radius 1 is 1.64 bits per heavy atom. The zero-order valence-electron chi connectivity index (χ0n) is 6.64. The molecule has 0 aliphatic heterocycles. The summed E-state index contributed by atoms with van der Waals surface area (Å²) in [6.45, 7) is 4.13. The number of nitriles is 1. The molecule has 0 radical (unpaired) electrons. The van der Waals surface area contributed by atoms with Gasteiger partial charge in [-0.05, 0) is 0 Å². The Bertz CT molecular complexity index is 307. The van der Waals surface area contributed by atoms with Crippen molar-refractivity contribution < 1.29 is 0 Å². The van der Waals surface area contributed by atoms with Crippen molar-refractivity contribution in [1.29, 1.82) is 5.26 Å². The fraction of sp³-hybridized carbons (Fsp3) is 0.375. The van der Waals surface area contributed by atoms with Crippen LogP contribution in [0.15, 0.2) is 0 Å². The molecule has 1 rings (SSSR count). The number of hydrogen-bond acceptors (Lipinski definition) is 2. The summed E-state index contributed by atoms with van der Waals surface area (Å²) < 4.78 is 2.11. The van der Waals surface area contributed by atoms with E-state index in [4.69, 9.17) is 11.0 Å². The maximum absolute atomic E-state index is 8.74. The van der Waals surface area contributed by atoms with Crippen molar-refractivity contribution in [1.82, 2.24) is 0 Å². The van der Waals surface area contributed by atoms with Crippen LogP contribution in [0.25, 0.3) is 0 Å². The summed E-state index contributed by atoms with van der Waals surface area (Å²) in [7, 11) is 0. The Balaban J connectivity index is 3.31. The number of hydrogen-bond donors (Lipinski definition) is 1. The topological polar surface area (TPSA) is 49.8 Å². The predicted molar refractivity (Wildman–Crippen MR) is 46.6 cm³/mol. The van der Waals surface area contributed by atoms with Crippen LogP contribution in [0, 0.1) is 18.3 Å². The molecule has 2 nitrogen and oxygen atoms in total. The molecule has 0 unspecified atom stereocenters. The third-order valence-electron chi connectivity index (χ3n) is 1.70. The molecule has 0 fully saturated rings. The van der Waals surface area contributed by atoms with Gasteiger partial charge >= 0.3 is 72.0 Å². The second kappa shape index (κ2) is 3.13. The van der Waals surface area contributed by atoms with E-state index in [0.717, 1.165) is 16.5 Å². The number of nitrogens with zero attached hydrogens (tertiary/aromatic N) is 1. The summed E-state index contributed by atoms with van der Waals surface area (Å²) in [5.41, 5.74) is 7.60. The van der Waals surface area contributed by atoms with E-state index in [0.29, 0.717) is 0 Å². The molecule has 0 aliphatic rings. The Kier molecular flexibility index (Phi) is 2.38. The van der Waals surface area contributed by atoms with Crippen LogP contribution in [0.1, 0.15) is 22.5 Å². The van der Waals surface area contributed by atoms with Gasteiger partial charge in [-0.25, -0.2) is 0 Å². The number of nitrogens with two attached hydrogens (primary N) is 1. The first-order valence-corrected chi connectivity index (χ1v) is 5.19. The van der Waals surface area contributed by atoms with Crippen LogP contribution in [0.4, 0.5) is 4.56 Å². The van der Waals surface area contributed by atoms with Crippen molar-refractivity contribution in [2.75, 3.05) is 5.73 Å². The third kappa shape index (κ3) is 1.33. The summed E-state index contributed by atoms with van der Waals surface area (Å²) in [6.07, 6.45) is 0.928. The normalized spacial score (nSPS) is 9.55. The van der Waals surface area contributed by atoms with E-state index in [1.165, 1.54) is 10.0 Å². The van der Waals surface area contributed by atoms with E-state index in [2.05, 4.69) is 19.9 Å². The molecule has 11 heavy (non-hydrogen) atoms. The number of anilines is 1. The van der Waals surface area contributed by atoms with E-state index >= 15 is 0 Å². The van der Waals surface area contributed by atoms with Crippen LogP contribution < -0.4 is 5.73 Å². The second-order valence-corrected chi connectivity index (χ2v) is 4.98. The van der Waals surface area contributed by atoms with E-state index < -0.39 is 0 Å². The first kappa shape index (κ1) is 8.39. The van der Waals surface area contributed by atoms with Gasteiger partial charge in [0.25, 0.3) is 0 Å². The number of nitrogen functional groups attached to an aromatic ring is 1. The van der Waals surface area contributed by atoms with Crippen LogP contribution in [-0.4, -0.2) is 14.5 Å². The molecule has 58 valence electrons. The number of aryl methyl sites for hydroxylation is 1. The molecule has 0 atom stereocenters. The van der Waals surface area contributed by atoms with Gasteiger partial charge in [0.1, 0.15) is 0 Å². The zero-order chi connectivity index (χ0) is 8.43. The average Bonchev–Trinajstić information content (AvgIpc) is 2.24. The maximum atomic E-state index is 8.74. The first-order valence-electron chi connectivity index (χ1n) is 3.48.